The minimum absolute atomic E-state index is 0.0489. The van der Waals surface area contributed by atoms with E-state index in [1.54, 1.807) is 14.0 Å². The summed E-state index contributed by atoms with van der Waals surface area (Å²) in [7, 11) is 1.75. The van der Waals surface area contributed by atoms with Gasteiger partial charge in [-0.2, -0.15) is 9.78 Å². The third kappa shape index (κ3) is 2.47. The minimum Gasteiger partial charge on any atom is -0.319 e. The molecule has 1 rings (SSSR count). The van der Waals surface area contributed by atoms with Crippen molar-refractivity contribution in [3.63, 3.8) is 0 Å². The van der Waals surface area contributed by atoms with Crippen LogP contribution in [0.2, 0.25) is 0 Å². The number of hydrogen-bond donors (Lipinski definition) is 1. The van der Waals surface area contributed by atoms with Crippen LogP contribution in [0.5, 0.6) is 0 Å². The molecule has 3 nitrogen and oxygen atoms in total. The first kappa shape index (κ1) is 11.0. The average Bonchev–Trinajstić information content (AvgIpc) is 2.43. The van der Waals surface area contributed by atoms with Gasteiger partial charge in [-0.05, 0) is 32.5 Å². The van der Waals surface area contributed by atoms with Gasteiger partial charge in [0.15, 0.2) is 0 Å². The molecule has 0 spiro atoms. The molecule has 0 radical (unpaired) electrons. The molecule has 1 N–H and O–H groups in total. The van der Waals surface area contributed by atoms with Gasteiger partial charge in [-0.3, -0.25) is 0 Å². The van der Waals surface area contributed by atoms with E-state index in [4.69, 9.17) is 0 Å². The summed E-state index contributed by atoms with van der Waals surface area (Å²) in [6.07, 6.45) is -2.83. The van der Waals surface area contributed by atoms with Gasteiger partial charge in [0.1, 0.15) is 0 Å². The minimum atomic E-state index is -4.41. The molecule has 0 saturated heterocycles. The summed E-state index contributed by atoms with van der Waals surface area (Å²) in [6, 6.07) is 0. The molecule has 0 atom stereocenters. The van der Waals surface area contributed by atoms with E-state index < -0.39 is 6.30 Å². The Balaban J connectivity index is 2.82. The van der Waals surface area contributed by atoms with Crippen molar-refractivity contribution in [3.8, 4) is 0 Å². The number of hydrogen-bond acceptors (Lipinski definition) is 2. The molecular weight excluding hydrogens is 195 g/mol. The molecule has 0 aliphatic carbocycles. The predicted octanol–water partition coefficient (Wildman–Crippen LogP) is 1.43. The van der Waals surface area contributed by atoms with Crippen LogP contribution in [-0.4, -0.2) is 23.4 Å². The van der Waals surface area contributed by atoms with Crippen LogP contribution in [-0.2, 0) is 12.7 Å². The summed E-state index contributed by atoms with van der Waals surface area (Å²) in [5, 5.41) is 6.27. The first-order chi connectivity index (χ1) is 6.45. The zero-order chi connectivity index (χ0) is 10.8. The second kappa shape index (κ2) is 4.00. The summed E-state index contributed by atoms with van der Waals surface area (Å²) in [5.41, 5.74) is 1.05. The zero-order valence-corrected chi connectivity index (χ0v) is 8.02. The highest BCUT2D eigenvalue weighted by molar-refractivity contribution is 5.16. The van der Waals surface area contributed by atoms with Crippen molar-refractivity contribution in [2.75, 3.05) is 13.6 Å². The van der Waals surface area contributed by atoms with Gasteiger partial charge in [0.05, 0.1) is 5.69 Å². The van der Waals surface area contributed by atoms with Gasteiger partial charge >= 0.3 is 6.30 Å². The quantitative estimate of drug-likeness (QED) is 0.812. The predicted molar refractivity (Wildman–Crippen MR) is 45.9 cm³/mol. The number of aromatic nitrogens is 2. The van der Waals surface area contributed by atoms with E-state index in [9.17, 15) is 13.2 Å². The number of halogens is 3. The summed E-state index contributed by atoms with van der Waals surface area (Å²) >= 11 is 0. The molecule has 0 aliphatic rings. The van der Waals surface area contributed by atoms with Crippen LogP contribution < -0.4 is 5.32 Å². The number of nitrogens with one attached hydrogen (secondary N) is 1. The molecular formula is C8H12F3N3. The van der Waals surface area contributed by atoms with Crippen LogP contribution in [0.25, 0.3) is 0 Å². The largest absolute Gasteiger partial charge is 0.504 e. The first-order valence-electron chi connectivity index (χ1n) is 4.22. The van der Waals surface area contributed by atoms with Crippen molar-refractivity contribution in [2.45, 2.75) is 19.6 Å². The normalized spacial score (nSPS) is 12.1. The molecule has 1 heterocycles. The molecule has 0 aliphatic heterocycles. The number of aryl methyl sites for hydroxylation is 1. The number of alkyl halides is 3. The molecule has 1 aromatic heterocycles. The topological polar surface area (TPSA) is 29.9 Å². The van der Waals surface area contributed by atoms with Crippen LogP contribution in [0.3, 0.4) is 0 Å². The lowest BCUT2D eigenvalue weighted by Gasteiger charge is -2.03. The molecule has 6 heteroatoms. The monoisotopic (exact) mass is 207 g/mol. The molecule has 0 aromatic carbocycles. The van der Waals surface area contributed by atoms with Crippen LogP contribution in [0.1, 0.15) is 11.3 Å². The molecule has 0 bridgehead atoms. The summed E-state index contributed by atoms with van der Waals surface area (Å²) < 4.78 is 36.6. The van der Waals surface area contributed by atoms with Crippen molar-refractivity contribution < 1.29 is 13.2 Å². The highest BCUT2D eigenvalue weighted by atomic mass is 19.4. The van der Waals surface area contributed by atoms with E-state index in [2.05, 4.69) is 10.4 Å². The first-order valence-corrected chi connectivity index (χ1v) is 4.22. The maximum absolute atomic E-state index is 12.2. The molecule has 0 saturated carbocycles. The van der Waals surface area contributed by atoms with Gasteiger partial charge in [0.25, 0.3) is 0 Å². The van der Waals surface area contributed by atoms with E-state index in [-0.39, 0.29) is 4.68 Å². The van der Waals surface area contributed by atoms with Crippen molar-refractivity contribution in [1.29, 1.82) is 0 Å². The van der Waals surface area contributed by atoms with Crippen molar-refractivity contribution >= 4 is 0 Å². The van der Waals surface area contributed by atoms with Crippen LogP contribution in [0, 0.1) is 6.92 Å². The maximum Gasteiger partial charge on any atom is 0.504 e. The van der Waals surface area contributed by atoms with Crippen molar-refractivity contribution in [1.82, 2.24) is 15.1 Å². The van der Waals surface area contributed by atoms with E-state index in [1.165, 1.54) is 0 Å². The zero-order valence-electron chi connectivity index (χ0n) is 8.02. The Bertz CT molecular complexity index is 303. The Labute approximate surface area is 79.9 Å². The molecule has 0 fully saturated rings. The Morgan fingerprint density at radius 2 is 2.14 bits per heavy atom. The fourth-order valence-electron chi connectivity index (χ4n) is 1.13. The summed E-state index contributed by atoms with van der Waals surface area (Å²) in [6.45, 7) is 2.22. The van der Waals surface area contributed by atoms with E-state index >= 15 is 0 Å². The second-order valence-corrected chi connectivity index (χ2v) is 3.01. The van der Waals surface area contributed by atoms with E-state index in [0.29, 0.717) is 24.2 Å². The molecule has 14 heavy (non-hydrogen) atoms. The molecule has 0 unspecified atom stereocenters. The van der Waals surface area contributed by atoms with Gasteiger partial charge < -0.3 is 5.32 Å². The van der Waals surface area contributed by atoms with Gasteiger partial charge in [-0.15, -0.1) is 13.2 Å². The van der Waals surface area contributed by atoms with Crippen LogP contribution in [0.4, 0.5) is 13.2 Å². The van der Waals surface area contributed by atoms with Gasteiger partial charge in [0.2, 0.25) is 0 Å². The Hall–Kier alpha value is -1.04. The molecule has 0 amide bonds. The van der Waals surface area contributed by atoms with Gasteiger partial charge in [-0.25, -0.2) is 0 Å². The highest BCUT2D eigenvalue weighted by Crippen LogP contribution is 2.22. The third-order valence-electron chi connectivity index (χ3n) is 1.90. The highest BCUT2D eigenvalue weighted by Gasteiger charge is 2.32. The standard InChI is InChI=1S/C8H12F3N3/c1-6-7(3-4-12-2)5-14(13-6)8(9,10)11/h5,12H,3-4H2,1-2H3. The van der Waals surface area contributed by atoms with Crippen LogP contribution >= 0.6 is 0 Å². The lowest BCUT2D eigenvalue weighted by molar-refractivity contribution is -0.212. The smallest absolute Gasteiger partial charge is 0.319 e. The Morgan fingerprint density at radius 1 is 1.50 bits per heavy atom. The Kier molecular flexibility index (Phi) is 3.15. The van der Waals surface area contributed by atoms with Crippen LogP contribution in [0.15, 0.2) is 6.20 Å². The maximum atomic E-state index is 12.2. The van der Waals surface area contributed by atoms with E-state index in [0.717, 1.165) is 6.20 Å². The summed E-state index contributed by atoms with van der Waals surface area (Å²) in [5.74, 6) is 0. The lowest BCUT2D eigenvalue weighted by atomic mass is 10.2. The van der Waals surface area contributed by atoms with Crippen molar-refractivity contribution in [2.24, 2.45) is 0 Å². The van der Waals surface area contributed by atoms with Gasteiger partial charge in [0, 0.05) is 6.20 Å². The fourth-order valence-corrected chi connectivity index (χ4v) is 1.13. The number of nitrogens with zero attached hydrogens (tertiary/aromatic N) is 2. The Morgan fingerprint density at radius 3 is 2.57 bits per heavy atom. The average molecular weight is 207 g/mol. The summed E-state index contributed by atoms with van der Waals surface area (Å²) in [4.78, 5) is 0. The van der Waals surface area contributed by atoms with E-state index in [1.807, 2.05) is 0 Å². The third-order valence-corrected chi connectivity index (χ3v) is 1.90. The lowest BCUT2D eigenvalue weighted by Crippen LogP contribution is -2.17. The fraction of sp³-hybridized carbons (Fsp3) is 0.625. The van der Waals surface area contributed by atoms with Gasteiger partial charge in [-0.1, -0.05) is 0 Å². The SMILES string of the molecule is CNCCc1cn(C(F)(F)F)nc1C. The molecule has 1 aromatic rings. The number of rotatable bonds is 3. The second-order valence-electron chi connectivity index (χ2n) is 3.01. The van der Waals surface area contributed by atoms with Crippen molar-refractivity contribution in [3.05, 3.63) is 17.5 Å². The number of likely N-dealkylation sites (N-methyl/N-ethyl adjacent to an activating group) is 1. The molecule has 80 valence electrons.